The summed E-state index contributed by atoms with van der Waals surface area (Å²) in [4.78, 5) is 0. The Balaban J connectivity index is 1.70. The molecule has 5 heteroatoms. The van der Waals surface area contributed by atoms with E-state index in [1.165, 1.54) is 18.4 Å². The number of rotatable bonds is 7. The van der Waals surface area contributed by atoms with Gasteiger partial charge in [0.05, 0.1) is 13.2 Å². The normalized spacial score (nSPS) is 22.5. The second-order valence-electron chi connectivity index (χ2n) is 5.65. The van der Waals surface area contributed by atoms with E-state index in [-0.39, 0.29) is 0 Å². The summed E-state index contributed by atoms with van der Waals surface area (Å²) in [6, 6.07) is 9.43. The first-order chi connectivity index (χ1) is 10.2. The number of hydrogen-bond acceptors (Lipinski definition) is 2. The van der Waals surface area contributed by atoms with Crippen LogP contribution in [0.4, 0.5) is 0 Å². The fourth-order valence-corrected chi connectivity index (χ4v) is 4.33. The van der Waals surface area contributed by atoms with Crippen LogP contribution in [0.1, 0.15) is 43.6 Å². The lowest BCUT2D eigenvalue weighted by molar-refractivity contribution is 0.0251. The molecule has 21 heavy (non-hydrogen) atoms. The largest absolute Gasteiger partial charge is 0.497 e. The average Bonchev–Trinajstić information content (AvgIpc) is 2.52. The number of methoxy groups -OCH3 is 1. The van der Waals surface area contributed by atoms with Gasteiger partial charge in [-0.05, 0) is 61.8 Å². The Morgan fingerprint density at radius 2 is 1.76 bits per heavy atom. The fourth-order valence-electron chi connectivity index (χ4n) is 2.93. The lowest BCUT2D eigenvalue weighted by atomic mass is 9.83. The molecule has 2 rings (SSSR count). The van der Waals surface area contributed by atoms with Gasteiger partial charge in [0, 0.05) is 6.61 Å². The Kier molecular flexibility index (Phi) is 7.37. The van der Waals surface area contributed by atoms with Crippen LogP contribution >= 0.6 is 22.2 Å². The molecule has 0 N–H and O–H groups in total. The van der Waals surface area contributed by atoms with Crippen molar-refractivity contribution < 1.29 is 9.47 Å². The van der Waals surface area contributed by atoms with Crippen LogP contribution in [-0.4, -0.2) is 27.2 Å². The summed E-state index contributed by atoms with van der Waals surface area (Å²) in [5.74, 6) is 1.59. The van der Waals surface area contributed by atoms with E-state index >= 15 is 0 Å². The van der Waals surface area contributed by atoms with Gasteiger partial charge < -0.3 is 9.47 Å². The summed E-state index contributed by atoms with van der Waals surface area (Å²) in [5.41, 5.74) is 1.42. The minimum absolute atomic E-state index is 0.422. The van der Waals surface area contributed by atoms with Gasteiger partial charge in [0.25, 0.3) is 0 Å². The van der Waals surface area contributed by atoms with Crippen molar-refractivity contribution in [2.75, 3.05) is 13.7 Å². The minimum atomic E-state index is -1.45. The van der Waals surface area contributed by atoms with Crippen LogP contribution < -0.4 is 4.74 Å². The number of halogens is 2. The number of ether oxygens (including phenoxy) is 2. The van der Waals surface area contributed by atoms with Crippen LogP contribution in [0.3, 0.4) is 0 Å². The lowest BCUT2D eigenvalue weighted by Gasteiger charge is -2.29. The Morgan fingerprint density at radius 3 is 2.33 bits per heavy atom. The first-order valence-corrected chi connectivity index (χ1v) is 12.0. The van der Waals surface area contributed by atoms with E-state index in [2.05, 4.69) is 24.3 Å². The molecular weight excluding hydrogens is 323 g/mol. The Bertz CT molecular complexity index is 403. The number of benzene rings is 1. The van der Waals surface area contributed by atoms with E-state index in [1.54, 1.807) is 7.11 Å². The molecule has 0 amide bonds. The molecule has 1 saturated carbocycles. The molecule has 1 aliphatic carbocycles. The molecule has 0 spiro atoms. The van der Waals surface area contributed by atoms with Crippen molar-refractivity contribution in [3.05, 3.63) is 29.8 Å². The SMILES string of the molecule is COc1ccc([C@H]2CC[C@H](OCCC[SiH](Cl)Cl)CC2)cc1. The van der Waals surface area contributed by atoms with Gasteiger partial charge in [0.1, 0.15) is 5.75 Å². The van der Waals surface area contributed by atoms with Crippen molar-refractivity contribution in [2.24, 2.45) is 0 Å². The predicted octanol–water partition coefficient (Wildman–Crippen LogP) is 4.83. The van der Waals surface area contributed by atoms with Crippen molar-refractivity contribution in [1.82, 2.24) is 0 Å². The first-order valence-electron chi connectivity index (χ1n) is 7.72. The summed E-state index contributed by atoms with van der Waals surface area (Å²) in [6.45, 7) is 0.806. The Labute approximate surface area is 138 Å². The fraction of sp³-hybridized carbons (Fsp3) is 0.625. The summed E-state index contributed by atoms with van der Waals surface area (Å²) >= 11 is 11.7. The average molecular weight is 347 g/mol. The Morgan fingerprint density at radius 1 is 1.10 bits per heavy atom. The third kappa shape index (κ3) is 5.82. The highest BCUT2D eigenvalue weighted by Gasteiger charge is 2.22. The van der Waals surface area contributed by atoms with Crippen molar-refractivity contribution in [3.8, 4) is 5.75 Å². The van der Waals surface area contributed by atoms with Crippen LogP contribution in [0.15, 0.2) is 24.3 Å². The lowest BCUT2D eigenvalue weighted by Crippen LogP contribution is -2.21. The topological polar surface area (TPSA) is 18.5 Å². The molecule has 0 heterocycles. The molecule has 1 fully saturated rings. The summed E-state index contributed by atoms with van der Waals surface area (Å²) in [6.07, 6.45) is 6.14. The molecule has 0 saturated heterocycles. The van der Waals surface area contributed by atoms with Gasteiger partial charge in [-0.15, -0.1) is 0 Å². The first kappa shape index (κ1) is 17.1. The predicted molar refractivity (Wildman–Crippen MR) is 92.2 cm³/mol. The maximum Gasteiger partial charge on any atom is 0.237 e. The van der Waals surface area contributed by atoms with Gasteiger partial charge >= 0.3 is 0 Å². The van der Waals surface area contributed by atoms with Crippen molar-refractivity contribution in [3.63, 3.8) is 0 Å². The minimum Gasteiger partial charge on any atom is -0.497 e. The van der Waals surface area contributed by atoms with Gasteiger partial charge in [-0.2, -0.15) is 22.2 Å². The third-order valence-corrected chi connectivity index (χ3v) is 6.34. The monoisotopic (exact) mass is 346 g/mol. The van der Waals surface area contributed by atoms with Crippen LogP contribution in [0.2, 0.25) is 6.04 Å². The van der Waals surface area contributed by atoms with Gasteiger partial charge in [0.2, 0.25) is 7.42 Å². The van der Waals surface area contributed by atoms with Crippen LogP contribution in [0, 0.1) is 0 Å². The van der Waals surface area contributed by atoms with Crippen LogP contribution in [0.25, 0.3) is 0 Å². The molecule has 118 valence electrons. The van der Waals surface area contributed by atoms with E-state index in [4.69, 9.17) is 31.6 Å². The van der Waals surface area contributed by atoms with Crippen LogP contribution in [-0.2, 0) is 4.74 Å². The van der Waals surface area contributed by atoms with E-state index < -0.39 is 7.42 Å². The molecule has 0 aromatic heterocycles. The van der Waals surface area contributed by atoms with E-state index in [1.807, 2.05) is 0 Å². The summed E-state index contributed by atoms with van der Waals surface area (Å²) in [7, 11) is 0.256. The smallest absolute Gasteiger partial charge is 0.237 e. The van der Waals surface area contributed by atoms with Crippen molar-refractivity contribution in [2.45, 2.75) is 50.2 Å². The second-order valence-corrected chi connectivity index (χ2v) is 10.8. The molecule has 1 aromatic carbocycles. The zero-order chi connectivity index (χ0) is 15.1. The maximum absolute atomic E-state index is 5.94. The molecule has 0 bridgehead atoms. The molecule has 0 radical (unpaired) electrons. The maximum atomic E-state index is 5.94. The highest BCUT2D eigenvalue weighted by Crippen LogP contribution is 2.34. The summed E-state index contributed by atoms with van der Waals surface area (Å²) in [5, 5.41) is 0. The highest BCUT2D eigenvalue weighted by molar-refractivity contribution is 7.33. The molecular formula is C16H24Cl2O2Si. The standard InChI is InChI=1S/C16H24Cl2O2Si/c1-19-15-7-3-13(4-8-15)14-5-9-16(10-6-14)20-11-2-12-21(17)18/h3-4,7-8,14,16,21H,2,5-6,9-12H2,1H3/t14-,16-. The zero-order valence-electron chi connectivity index (χ0n) is 12.6. The van der Waals surface area contributed by atoms with Gasteiger partial charge in [-0.3, -0.25) is 0 Å². The Hall–Kier alpha value is -0.223. The van der Waals surface area contributed by atoms with Gasteiger partial charge in [-0.1, -0.05) is 12.1 Å². The van der Waals surface area contributed by atoms with Crippen molar-refractivity contribution >= 4 is 29.6 Å². The summed E-state index contributed by atoms with van der Waals surface area (Å²) < 4.78 is 11.1. The van der Waals surface area contributed by atoms with Crippen LogP contribution in [0.5, 0.6) is 5.75 Å². The van der Waals surface area contributed by atoms with Gasteiger partial charge in [0.15, 0.2) is 0 Å². The quantitative estimate of drug-likeness (QED) is 0.400. The zero-order valence-corrected chi connectivity index (χ0v) is 15.2. The second kappa shape index (κ2) is 9.04. The van der Waals surface area contributed by atoms with E-state index in [0.717, 1.165) is 37.7 Å². The van der Waals surface area contributed by atoms with Gasteiger partial charge in [-0.25, -0.2) is 0 Å². The molecule has 1 aliphatic rings. The molecule has 2 nitrogen and oxygen atoms in total. The van der Waals surface area contributed by atoms with E-state index in [0.29, 0.717) is 12.0 Å². The molecule has 0 aliphatic heterocycles. The molecule has 1 aromatic rings. The number of hydrogen-bond donors (Lipinski definition) is 0. The molecule has 0 unspecified atom stereocenters. The highest BCUT2D eigenvalue weighted by atomic mass is 35.7. The molecule has 0 atom stereocenters. The van der Waals surface area contributed by atoms with E-state index in [9.17, 15) is 0 Å². The third-order valence-electron chi connectivity index (χ3n) is 4.18. The van der Waals surface area contributed by atoms with Crippen molar-refractivity contribution in [1.29, 1.82) is 0 Å².